The molecule has 8 nitrogen and oxygen atoms in total. The standard InChI is InChI=1S/C20H19N3O5S/c1-21-20(27)13-6-8-14(9-7-13)22-17(24)11-28-19(26)10-23-15-4-2-3-5-16(15)29-12-18(23)25/h2-9H,10-12H2,1H3,(H,21,27)(H,22,24). The van der Waals surface area contributed by atoms with Crippen LogP contribution in [0.1, 0.15) is 10.4 Å². The van der Waals surface area contributed by atoms with E-state index in [2.05, 4.69) is 10.6 Å². The van der Waals surface area contributed by atoms with E-state index < -0.39 is 18.5 Å². The molecule has 3 rings (SSSR count). The fourth-order valence-electron chi connectivity index (χ4n) is 2.69. The van der Waals surface area contributed by atoms with E-state index >= 15 is 0 Å². The summed E-state index contributed by atoms with van der Waals surface area (Å²) >= 11 is 1.42. The maximum atomic E-state index is 12.2. The molecule has 0 unspecified atom stereocenters. The highest BCUT2D eigenvalue weighted by atomic mass is 32.2. The molecule has 2 N–H and O–H groups in total. The lowest BCUT2D eigenvalue weighted by Crippen LogP contribution is -2.40. The molecule has 1 aliphatic heterocycles. The van der Waals surface area contributed by atoms with Crippen molar-refractivity contribution in [1.82, 2.24) is 5.32 Å². The van der Waals surface area contributed by atoms with Gasteiger partial charge in [0.1, 0.15) is 6.54 Å². The van der Waals surface area contributed by atoms with Gasteiger partial charge in [-0.2, -0.15) is 0 Å². The maximum absolute atomic E-state index is 12.2. The van der Waals surface area contributed by atoms with Gasteiger partial charge >= 0.3 is 5.97 Å². The van der Waals surface area contributed by atoms with Gasteiger partial charge in [0.25, 0.3) is 11.8 Å². The molecule has 0 saturated carbocycles. The van der Waals surface area contributed by atoms with Crippen molar-refractivity contribution in [2.24, 2.45) is 0 Å². The summed E-state index contributed by atoms with van der Waals surface area (Å²) in [6.07, 6.45) is 0. The molecule has 0 radical (unpaired) electrons. The summed E-state index contributed by atoms with van der Waals surface area (Å²) in [5.41, 5.74) is 1.59. The van der Waals surface area contributed by atoms with Gasteiger partial charge in [-0.05, 0) is 36.4 Å². The molecule has 9 heteroatoms. The summed E-state index contributed by atoms with van der Waals surface area (Å²) in [4.78, 5) is 50.1. The van der Waals surface area contributed by atoms with E-state index in [0.29, 0.717) is 16.9 Å². The van der Waals surface area contributed by atoms with E-state index in [9.17, 15) is 19.2 Å². The number of thioether (sulfide) groups is 1. The Balaban J connectivity index is 1.51. The molecule has 150 valence electrons. The number of ether oxygens (including phenoxy) is 1. The van der Waals surface area contributed by atoms with Gasteiger partial charge in [-0.3, -0.25) is 24.1 Å². The molecule has 0 atom stereocenters. The predicted octanol–water partition coefficient (Wildman–Crippen LogP) is 1.67. The summed E-state index contributed by atoms with van der Waals surface area (Å²) in [6.45, 7) is -0.737. The highest BCUT2D eigenvalue weighted by Crippen LogP contribution is 2.34. The molecule has 2 aromatic carbocycles. The van der Waals surface area contributed by atoms with Crippen LogP contribution in [0.2, 0.25) is 0 Å². The van der Waals surface area contributed by atoms with Crippen molar-refractivity contribution in [3.63, 3.8) is 0 Å². The number of carbonyl (C=O) groups excluding carboxylic acids is 4. The monoisotopic (exact) mass is 413 g/mol. The first-order valence-electron chi connectivity index (χ1n) is 8.77. The Morgan fingerprint density at radius 3 is 2.55 bits per heavy atom. The second kappa shape index (κ2) is 9.24. The first-order chi connectivity index (χ1) is 14.0. The second-order valence-corrected chi connectivity index (χ2v) is 7.12. The third-order valence-electron chi connectivity index (χ3n) is 4.12. The van der Waals surface area contributed by atoms with Crippen LogP contribution in [-0.4, -0.2) is 49.6 Å². The van der Waals surface area contributed by atoms with Crippen molar-refractivity contribution in [2.45, 2.75) is 4.90 Å². The minimum Gasteiger partial charge on any atom is -0.454 e. The van der Waals surface area contributed by atoms with Crippen LogP contribution in [0.4, 0.5) is 11.4 Å². The molecule has 1 aliphatic rings. The zero-order valence-electron chi connectivity index (χ0n) is 15.6. The molecule has 3 amide bonds. The van der Waals surface area contributed by atoms with Crippen molar-refractivity contribution < 1.29 is 23.9 Å². The molecule has 1 heterocycles. The molecule has 29 heavy (non-hydrogen) atoms. The van der Waals surface area contributed by atoms with Crippen molar-refractivity contribution >= 4 is 46.8 Å². The average Bonchev–Trinajstić information content (AvgIpc) is 2.74. The van der Waals surface area contributed by atoms with Crippen LogP contribution >= 0.6 is 11.8 Å². The summed E-state index contributed by atoms with van der Waals surface area (Å²) in [5, 5.41) is 5.08. The fourth-order valence-corrected chi connectivity index (χ4v) is 3.63. The first-order valence-corrected chi connectivity index (χ1v) is 9.76. The Morgan fingerprint density at radius 2 is 1.83 bits per heavy atom. The summed E-state index contributed by atoms with van der Waals surface area (Å²) < 4.78 is 5.01. The van der Waals surface area contributed by atoms with Gasteiger partial charge in [0, 0.05) is 23.2 Å². The SMILES string of the molecule is CNC(=O)c1ccc(NC(=O)COC(=O)CN2C(=O)CSc3ccccc32)cc1. The van der Waals surface area contributed by atoms with Gasteiger partial charge in [0.05, 0.1) is 11.4 Å². The number of carbonyl (C=O) groups is 4. The highest BCUT2D eigenvalue weighted by Gasteiger charge is 2.26. The smallest absolute Gasteiger partial charge is 0.326 e. The van der Waals surface area contributed by atoms with E-state index in [1.807, 2.05) is 12.1 Å². The van der Waals surface area contributed by atoms with Crippen molar-refractivity contribution in [1.29, 1.82) is 0 Å². The number of fused-ring (bicyclic) bond motifs is 1. The Labute approximate surface area is 171 Å². The zero-order valence-corrected chi connectivity index (χ0v) is 16.5. The fraction of sp³-hybridized carbons (Fsp3) is 0.200. The van der Waals surface area contributed by atoms with Gasteiger partial charge in [-0.25, -0.2) is 0 Å². The molecule has 0 saturated heterocycles. The van der Waals surface area contributed by atoms with Gasteiger partial charge < -0.3 is 15.4 Å². The van der Waals surface area contributed by atoms with Crippen LogP contribution < -0.4 is 15.5 Å². The molecule has 0 spiro atoms. The number of amides is 3. The van der Waals surface area contributed by atoms with Gasteiger partial charge in [0.2, 0.25) is 5.91 Å². The van der Waals surface area contributed by atoms with Crippen LogP contribution in [0.15, 0.2) is 53.4 Å². The molecule has 0 fully saturated rings. The van der Waals surface area contributed by atoms with E-state index in [1.54, 1.807) is 36.4 Å². The van der Waals surface area contributed by atoms with E-state index in [4.69, 9.17) is 4.74 Å². The number of hydrogen-bond donors (Lipinski definition) is 2. The molecule has 0 bridgehead atoms. The van der Waals surface area contributed by atoms with Crippen molar-refractivity contribution in [2.75, 3.05) is 36.2 Å². The van der Waals surface area contributed by atoms with Crippen LogP contribution in [0.3, 0.4) is 0 Å². The molecule has 0 aromatic heterocycles. The van der Waals surface area contributed by atoms with Crippen LogP contribution in [-0.2, 0) is 19.1 Å². The number of nitrogens with zero attached hydrogens (tertiary/aromatic N) is 1. The normalized spacial score (nSPS) is 12.7. The zero-order chi connectivity index (χ0) is 20.8. The Hall–Kier alpha value is -3.33. The Bertz CT molecular complexity index is 945. The van der Waals surface area contributed by atoms with Crippen LogP contribution in [0.5, 0.6) is 0 Å². The molecule has 0 aliphatic carbocycles. The van der Waals surface area contributed by atoms with Gasteiger partial charge in [-0.1, -0.05) is 12.1 Å². The van der Waals surface area contributed by atoms with Crippen molar-refractivity contribution in [3.8, 4) is 0 Å². The van der Waals surface area contributed by atoms with E-state index in [1.165, 1.54) is 23.7 Å². The minimum absolute atomic E-state index is 0.189. The Kier molecular flexibility index (Phi) is 6.50. The summed E-state index contributed by atoms with van der Waals surface area (Å²) in [6, 6.07) is 13.6. The Morgan fingerprint density at radius 1 is 1.10 bits per heavy atom. The summed E-state index contributed by atoms with van der Waals surface area (Å²) in [7, 11) is 1.53. The number of rotatable bonds is 6. The number of benzene rings is 2. The predicted molar refractivity (Wildman–Crippen MR) is 109 cm³/mol. The number of anilines is 2. The summed E-state index contributed by atoms with van der Waals surface area (Å²) in [5.74, 6) is -1.37. The lowest BCUT2D eigenvalue weighted by atomic mass is 10.2. The molecular weight excluding hydrogens is 394 g/mol. The topological polar surface area (TPSA) is 105 Å². The second-order valence-electron chi connectivity index (χ2n) is 6.10. The lowest BCUT2D eigenvalue weighted by molar-refractivity contribution is -0.146. The lowest BCUT2D eigenvalue weighted by Gasteiger charge is -2.27. The molecular formula is C20H19N3O5S. The number of nitrogens with one attached hydrogen (secondary N) is 2. The third-order valence-corrected chi connectivity index (χ3v) is 5.17. The maximum Gasteiger partial charge on any atom is 0.326 e. The van der Waals surface area contributed by atoms with E-state index in [0.717, 1.165) is 4.90 Å². The highest BCUT2D eigenvalue weighted by molar-refractivity contribution is 8.00. The average molecular weight is 413 g/mol. The molecule has 2 aromatic rings. The number of para-hydroxylation sites is 1. The minimum atomic E-state index is -0.676. The van der Waals surface area contributed by atoms with Gasteiger partial charge in [0.15, 0.2) is 6.61 Å². The van der Waals surface area contributed by atoms with Gasteiger partial charge in [-0.15, -0.1) is 11.8 Å². The number of esters is 1. The van der Waals surface area contributed by atoms with Crippen LogP contribution in [0, 0.1) is 0 Å². The first kappa shape index (κ1) is 20.4. The number of hydrogen-bond acceptors (Lipinski definition) is 6. The largest absolute Gasteiger partial charge is 0.454 e. The van der Waals surface area contributed by atoms with Crippen molar-refractivity contribution in [3.05, 3.63) is 54.1 Å². The quantitative estimate of drug-likeness (QED) is 0.698. The van der Waals surface area contributed by atoms with E-state index in [-0.39, 0.29) is 24.1 Å². The van der Waals surface area contributed by atoms with Crippen LogP contribution in [0.25, 0.3) is 0 Å². The third kappa shape index (κ3) is 5.14.